The van der Waals surface area contributed by atoms with Gasteiger partial charge < -0.3 is 15.2 Å². The van der Waals surface area contributed by atoms with Crippen LogP contribution in [0.1, 0.15) is 39.4 Å². The van der Waals surface area contributed by atoms with Gasteiger partial charge in [0.15, 0.2) is 5.96 Å². The van der Waals surface area contributed by atoms with Crippen LogP contribution < -0.4 is 10.6 Å². The van der Waals surface area contributed by atoms with E-state index in [1.54, 1.807) is 0 Å². The van der Waals surface area contributed by atoms with Crippen molar-refractivity contribution in [1.29, 1.82) is 0 Å². The van der Waals surface area contributed by atoms with Crippen LogP contribution in [0.4, 0.5) is 0 Å². The Bertz CT molecular complexity index is 428. The molecule has 1 aromatic heterocycles. The number of thioether (sulfide) groups is 1. The summed E-state index contributed by atoms with van der Waals surface area (Å²) >= 11 is 1.90. The summed E-state index contributed by atoms with van der Waals surface area (Å²) in [6.07, 6.45) is 8.46. The van der Waals surface area contributed by atoms with Crippen molar-refractivity contribution >= 4 is 17.7 Å². The minimum atomic E-state index is 0.611. The molecule has 0 aliphatic carbocycles. The summed E-state index contributed by atoms with van der Waals surface area (Å²) in [6.45, 7) is 9.96. The number of guanidine groups is 1. The van der Waals surface area contributed by atoms with E-state index >= 15 is 0 Å². The zero-order valence-corrected chi connectivity index (χ0v) is 15.2. The third kappa shape index (κ3) is 7.73. The first kappa shape index (κ1) is 18.9. The average Bonchev–Trinajstić information content (AvgIpc) is 2.91. The van der Waals surface area contributed by atoms with Gasteiger partial charge in [0.25, 0.3) is 0 Å². The van der Waals surface area contributed by atoms with Gasteiger partial charge in [0, 0.05) is 32.0 Å². The minimum Gasteiger partial charge on any atom is -0.357 e. The Labute approximate surface area is 139 Å². The lowest BCUT2D eigenvalue weighted by Gasteiger charge is -2.12. The van der Waals surface area contributed by atoms with Gasteiger partial charge >= 0.3 is 0 Å². The fourth-order valence-electron chi connectivity index (χ4n) is 2.12. The summed E-state index contributed by atoms with van der Waals surface area (Å²) in [5.41, 5.74) is 0. The minimum absolute atomic E-state index is 0.611. The zero-order valence-electron chi connectivity index (χ0n) is 14.4. The standard InChI is InChI=1S/C16H31N5S/c1-5-17-16(19-8-6-7-11-22-4)20-12-15-18-9-10-21(15)13-14(2)3/h9-10,14H,5-8,11-13H2,1-4H3,(H2,17,19,20). The number of nitrogens with zero attached hydrogens (tertiary/aromatic N) is 3. The summed E-state index contributed by atoms with van der Waals surface area (Å²) in [5.74, 6) is 3.74. The Kier molecular flexibility index (Phi) is 9.79. The Morgan fingerprint density at radius 1 is 1.36 bits per heavy atom. The quantitative estimate of drug-likeness (QED) is 0.394. The van der Waals surface area contributed by atoms with Gasteiger partial charge in [0.2, 0.25) is 0 Å². The molecule has 1 heterocycles. The van der Waals surface area contributed by atoms with Crippen molar-refractivity contribution < 1.29 is 0 Å². The molecule has 1 aromatic rings. The molecule has 0 bridgehead atoms. The highest BCUT2D eigenvalue weighted by molar-refractivity contribution is 7.98. The van der Waals surface area contributed by atoms with E-state index in [-0.39, 0.29) is 0 Å². The molecule has 1 rings (SSSR count). The molecular formula is C16H31N5S. The predicted molar refractivity (Wildman–Crippen MR) is 97.5 cm³/mol. The first-order valence-corrected chi connectivity index (χ1v) is 9.57. The third-order valence-electron chi connectivity index (χ3n) is 3.15. The van der Waals surface area contributed by atoms with Crippen LogP contribution in [0.2, 0.25) is 0 Å². The number of aromatic nitrogens is 2. The van der Waals surface area contributed by atoms with Crippen LogP contribution in [0, 0.1) is 5.92 Å². The largest absolute Gasteiger partial charge is 0.357 e. The fourth-order valence-corrected chi connectivity index (χ4v) is 2.61. The van der Waals surface area contributed by atoms with Crippen molar-refractivity contribution in [3.05, 3.63) is 18.2 Å². The molecule has 2 N–H and O–H groups in total. The maximum absolute atomic E-state index is 4.65. The first-order valence-electron chi connectivity index (χ1n) is 8.18. The molecule has 0 unspecified atom stereocenters. The smallest absolute Gasteiger partial charge is 0.191 e. The summed E-state index contributed by atoms with van der Waals surface area (Å²) in [6, 6.07) is 0. The predicted octanol–water partition coefficient (Wildman–Crippen LogP) is 2.74. The molecule has 126 valence electrons. The second-order valence-corrected chi connectivity index (χ2v) is 6.70. The van der Waals surface area contributed by atoms with E-state index in [4.69, 9.17) is 0 Å². The first-order chi connectivity index (χ1) is 10.7. The lowest BCUT2D eigenvalue weighted by molar-refractivity contribution is 0.507. The van der Waals surface area contributed by atoms with Crippen molar-refractivity contribution in [1.82, 2.24) is 20.2 Å². The Morgan fingerprint density at radius 3 is 2.86 bits per heavy atom. The number of hydrogen-bond acceptors (Lipinski definition) is 3. The SMILES string of the molecule is CCNC(=NCc1nccn1CC(C)C)NCCCCSC. The highest BCUT2D eigenvalue weighted by atomic mass is 32.2. The van der Waals surface area contributed by atoms with E-state index < -0.39 is 0 Å². The number of aliphatic imine (C=N–C) groups is 1. The number of imidazole rings is 1. The summed E-state index contributed by atoms with van der Waals surface area (Å²) in [7, 11) is 0. The van der Waals surface area contributed by atoms with Crippen LogP contribution in [0.15, 0.2) is 17.4 Å². The molecule has 0 fully saturated rings. The molecule has 0 spiro atoms. The van der Waals surface area contributed by atoms with Crippen LogP contribution in [0.5, 0.6) is 0 Å². The van der Waals surface area contributed by atoms with Crippen LogP contribution >= 0.6 is 11.8 Å². The Hall–Kier alpha value is -1.17. The van der Waals surface area contributed by atoms with E-state index in [2.05, 4.69) is 52.2 Å². The van der Waals surface area contributed by atoms with Crippen molar-refractivity contribution in [2.75, 3.05) is 25.1 Å². The number of hydrogen-bond donors (Lipinski definition) is 2. The maximum atomic E-state index is 4.65. The maximum Gasteiger partial charge on any atom is 0.191 e. The molecular weight excluding hydrogens is 294 g/mol. The molecule has 6 heteroatoms. The Morgan fingerprint density at radius 2 is 2.18 bits per heavy atom. The topological polar surface area (TPSA) is 54.2 Å². The fraction of sp³-hybridized carbons (Fsp3) is 0.750. The van der Waals surface area contributed by atoms with Gasteiger partial charge in [0.1, 0.15) is 12.4 Å². The molecule has 0 saturated heterocycles. The highest BCUT2D eigenvalue weighted by Crippen LogP contribution is 2.05. The van der Waals surface area contributed by atoms with Crippen LogP contribution in [-0.4, -0.2) is 40.6 Å². The lowest BCUT2D eigenvalue weighted by atomic mass is 10.2. The van der Waals surface area contributed by atoms with E-state index in [0.29, 0.717) is 12.5 Å². The van der Waals surface area contributed by atoms with E-state index in [1.807, 2.05) is 24.2 Å². The third-order valence-corrected chi connectivity index (χ3v) is 3.85. The molecule has 22 heavy (non-hydrogen) atoms. The second kappa shape index (κ2) is 11.4. The number of unbranched alkanes of at least 4 members (excludes halogenated alkanes) is 1. The number of rotatable bonds is 10. The van der Waals surface area contributed by atoms with Crippen LogP contribution in [-0.2, 0) is 13.1 Å². The molecule has 0 amide bonds. The van der Waals surface area contributed by atoms with Crippen molar-refractivity contribution in [2.45, 2.75) is 46.7 Å². The highest BCUT2D eigenvalue weighted by Gasteiger charge is 2.04. The van der Waals surface area contributed by atoms with Crippen LogP contribution in [0.3, 0.4) is 0 Å². The molecule has 0 aliphatic rings. The normalized spacial score (nSPS) is 12.0. The van der Waals surface area contributed by atoms with Crippen molar-refractivity contribution in [2.24, 2.45) is 10.9 Å². The monoisotopic (exact) mass is 325 g/mol. The summed E-state index contributed by atoms with van der Waals surface area (Å²) in [5, 5.41) is 6.69. The van der Waals surface area contributed by atoms with Gasteiger partial charge in [-0.1, -0.05) is 13.8 Å². The van der Waals surface area contributed by atoms with Gasteiger partial charge in [-0.3, -0.25) is 0 Å². The van der Waals surface area contributed by atoms with Crippen LogP contribution in [0.25, 0.3) is 0 Å². The van der Waals surface area contributed by atoms with E-state index in [1.165, 1.54) is 18.6 Å². The zero-order chi connectivity index (χ0) is 16.2. The molecule has 0 aromatic carbocycles. The van der Waals surface area contributed by atoms with Gasteiger partial charge in [0.05, 0.1) is 0 Å². The van der Waals surface area contributed by atoms with E-state index in [9.17, 15) is 0 Å². The molecule has 0 atom stereocenters. The van der Waals surface area contributed by atoms with E-state index in [0.717, 1.165) is 31.4 Å². The van der Waals surface area contributed by atoms with Crippen molar-refractivity contribution in [3.63, 3.8) is 0 Å². The lowest BCUT2D eigenvalue weighted by Crippen LogP contribution is -2.37. The van der Waals surface area contributed by atoms with Crippen molar-refractivity contribution in [3.8, 4) is 0 Å². The summed E-state index contributed by atoms with van der Waals surface area (Å²) < 4.78 is 2.19. The number of nitrogens with one attached hydrogen (secondary N) is 2. The molecule has 5 nitrogen and oxygen atoms in total. The van der Waals surface area contributed by atoms with Gasteiger partial charge in [-0.25, -0.2) is 9.98 Å². The van der Waals surface area contributed by atoms with Gasteiger partial charge in [-0.15, -0.1) is 0 Å². The second-order valence-electron chi connectivity index (χ2n) is 5.71. The van der Waals surface area contributed by atoms with Gasteiger partial charge in [-0.2, -0.15) is 11.8 Å². The molecule has 0 radical (unpaired) electrons. The van der Waals surface area contributed by atoms with Gasteiger partial charge in [-0.05, 0) is 37.7 Å². The molecule has 0 aliphatic heterocycles. The summed E-state index contributed by atoms with van der Waals surface area (Å²) in [4.78, 5) is 9.07. The molecule has 0 saturated carbocycles. The Balaban J connectivity index is 2.49. The average molecular weight is 326 g/mol.